The number of rotatable bonds is 6. The van der Waals surface area contributed by atoms with Crippen LogP contribution >= 0.6 is 12.4 Å². The lowest BCUT2D eigenvalue weighted by Crippen LogP contribution is -2.34. The van der Waals surface area contributed by atoms with Crippen LogP contribution in [0.5, 0.6) is 0 Å². The number of nitrogens with one attached hydrogen (secondary N) is 2. The molecule has 1 fully saturated rings. The maximum absolute atomic E-state index is 12.4. The van der Waals surface area contributed by atoms with E-state index < -0.39 is 15.8 Å². The summed E-state index contributed by atoms with van der Waals surface area (Å²) in [6.45, 7) is 3.97. The molecule has 2 atom stereocenters. The lowest BCUT2D eigenvalue weighted by molar-refractivity contribution is -0.117. The highest BCUT2D eigenvalue weighted by atomic mass is 35.5. The van der Waals surface area contributed by atoms with Gasteiger partial charge in [-0.05, 0) is 56.0 Å². The summed E-state index contributed by atoms with van der Waals surface area (Å²) in [6.07, 6.45) is 3.59. The van der Waals surface area contributed by atoms with Crippen molar-refractivity contribution in [3.63, 3.8) is 0 Å². The van der Waals surface area contributed by atoms with E-state index >= 15 is 0 Å². The summed E-state index contributed by atoms with van der Waals surface area (Å²) >= 11 is 0. The molecule has 2 unspecified atom stereocenters. The summed E-state index contributed by atoms with van der Waals surface area (Å²) in [5, 5.41) is 6.05. The van der Waals surface area contributed by atoms with Crippen LogP contribution < -0.4 is 10.6 Å². The van der Waals surface area contributed by atoms with Gasteiger partial charge < -0.3 is 15.4 Å². The van der Waals surface area contributed by atoms with Crippen LogP contribution in [0.2, 0.25) is 0 Å². The number of ether oxygens (including phenoxy) is 1. The van der Waals surface area contributed by atoms with E-state index in [0.717, 1.165) is 32.2 Å². The summed E-state index contributed by atoms with van der Waals surface area (Å²) in [5.74, 6) is -0.208. The molecule has 1 aliphatic heterocycles. The lowest BCUT2D eigenvalue weighted by Gasteiger charge is -2.28. The van der Waals surface area contributed by atoms with Crippen LogP contribution in [-0.4, -0.2) is 46.7 Å². The van der Waals surface area contributed by atoms with Crippen molar-refractivity contribution in [1.29, 1.82) is 0 Å². The SMILES string of the molecule is COC(=O)c1cc(NC(=O)CC(C)C2CCCNC2)cc(S(C)(=O)=O)c1.Cl. The molecular formula is C18H27ClN2O5S. The third kappa shape index (κ3) is 6.79. The summed E-state index contributed by atoms with van der Waals surface area (Å²) in [6, 6.07) is 4.02. The average molecular weight is 419 g/mol. The van der Waals surface area contributed by atoms with Crippen LogP contribution in [0.25, 0.3) is 0 Å². The summed E-state index contributed by atoms with van der Waals surface area (Å²) in [7, 11) is -2.32. The van der Waals surface area contributed by atoms with Gasteiger partial charge in [0.1, 0.15) is 0 Å². The minimum absolute atomic E-state index is 0. The Morgan fingerprint density at radius 3 is 2.59 bits per heavy atom. The number of hydrogen-bond donors (Lipinski definition) is 2. The highest BCUT2D eigenvalue weighted by molar-refractivity contribution is 7.90. The van der Waals surface area contributed by atoms with Gasteiger partial charge in [0.15, 0.2) is 9.84 Å². The monoisotopic (exact) mass is 418 g/mol. The van der Waals surface area contributed by atoms with Crippen molar-refractivity contribution in [2.45, 2.75) is 31.1 Å². The Morgan fingerprint density at radius 2 is 2.04 bits per heavy atom. The zero-order valence-electron chi connectivity index (χ0n) is 15.8. The molecule has 1 amide bonds. The molecule has 0 spiro atoms. The van der Waals surface area contributed by atoms with E-state index in [2.05, 4.69) is 15.4 Å². The van der Waals surface area contributed by atoms with Crippen molar-refractivity contribution in [1.82, 2.24) is 5.32 Å². The summed E-state index contributed by atoms with van der Waals surface area (Å²) in [5.41, 5.74) is 0.350. The average Bonchev–Trinajstić information content (AvgIpc) is 2.60. The van der Waals surface area contributed by atoms with Gasteiger partial charge in [-0.3, -0.25) is 4.79 Å². The van der Waals surface area contributed by atoms with Gasteiger partial charge in [-0.15, -0.1) is 12.4 Å². The minimum Gasteiger partial charge on any atom is -0.465 e. The second-order valence-electron chi connectivity index (χ2n) is 6.85. The third-order valence-corrected chi connectivity index (χ3v) is 5.78. The Balaban J connectivity index is 0.00000364. The van der Waals surface area contributed by atoms with Crippen molar-refractivity contribution >= 4 is 39.8 Å². The molecule has 0 aliphatic carbocycles. The Morgan fingerprint density at radius 1 is 1.33 bits per heavy atom. The van der Waals surface area contributed by atoms with Gasteiger partial charge in [0.25, 0.3) is 0 Å². The highest BCUT2D eigenvalue weighted by Gasteiger charge is 2.22. The number of carbonyl (C=O) groups excluding carboxylic acids is 2. The summed E-state index contributed by atoms with van der Waals surface area (Å²) < 4.78 is 28.3. The normalized spacial score (nSPS) is 18.1. The maximum atomic E-state index is 12.4. The van der Waals surface area contributed by atoms with Crippen LogP contribution in [0, 0.1) is 11.8 Å². The van der Waals surface area contributed by atoms with Gasteiger partial charge in [-0.2, -0.15) is 0 Å². The van der Waals surface area contributed by atoms with Crippen molar-refractivity contribution in [2.24, 2.45) is 11.8 Å². The second-order valence-corrected chi connectivity index (χ2v) is 8.86. The molecule has 1 aromatic carbocycles. The predicted octanol–water partition coefficient (Wildman–Crippen LogP) is 2.26. The number of benzene rings is 1. The predicted molar refractivity (Wildman–Crippen MR) is 106 cm³/mol. The quantitative estimate of drug-likeness (QED) is 0.687. The number of sulfone groups is 1. The van der Waals surface area contributed by atoms with Crippen LogP contribution in [0.4, 0.5) is 5.69 Å². The number of methoxy groups -OCH3 is 1. The fourth-order valence-electron chi connectivity index (χ4n) is 3.16. The van der Waals surface area contributed by atoms with E-state index in [1.807, 2.05) is 6.92 Å². The Kier molecular flexibility index (Phi) is 8.71. The summed E-state index contributed by atoms with van der Waals surface area (Å²) in [4.78, 5) is 24.1. The molecular weight excluding hydrogens is 392 g/mol. The molecule has 0 radical (unpaired) electrons. The van der Waals surface area contributed by atoms with Crippen LogP contribution in [0.3, 0.4) is 0 Å². The van der Waals surface area contributed by atoms with Crippen molar-refractivity contribution < 1.29 is 22.7 Å². The minimum atomic E-state index is -3.53. The van der Waals surface area contributed by atoms with E-state index in [0.29, 0.717) is 12.3 Å². The fourth-order valence-corrected chi connectivity index (χ4v) is 3.84. The Hall–Kier alpha value is -1.64. The van der Waals surface area contributed by atoms with Gasteiger partial charge in [0.05, 0.1) is 17.6 Å². The molecule has 27 heavy (non-hydrogen) atoms. The zero-order valence-corrected chi connectivity index (χ0v) is 17.4. The molecule has 7 nitrogen and oxygen atoms in total. The Bertz CT molecular complexity index is 776. The topological polar surface area (TPSA) is 102 Å². The van der Waals surface area contributed by atoms with Gasteiger partial charge in [0, 0.05) is 18.4 Å². The van der Waals surface area contributed by atoms with E-state index in [1.165, 1.54) is 25.3 Å². The van der Waals surface area contributed by atoms with Crippen molar-refractivity contribution in [3.05, 3.63) is 23.8 Å². The third-order valence-electron chi connectivity index (χ3n) is 4.69. The molecule has 0 bridgehead atoms. The lowest BCUT2D eigenvalue weighted by atomic mass is 9.85. The van der Waals surface area contributed by atoms with Crippen LogP contribution in [-0.2, 0) is 19.4 Å². The molecule has 1 saturated heterocycles. The molecule has 2 rings (SSSR count). The maximum Gasteiger partial charge on any atom is 0.337 e. The number of halogens is 1. The molecule has 0 saturated carbocycles. The first-order chi connectivity index (χ1) is 12.2. The molecule has 152 valence electrons. The van der Waals surface area contributed by atoms with Crippen molar-refractivity contribution in [3.8, 4) is 0 Å². The largest absolute Gasteiger partial charge is 0.465 e. The number of carbonyl (C=O) groups is 2. The molecule has 0 aromatic heterocycles. The number of hydrogen-bond acceptors (Lipinski definition) is 6. The van der Waals surface area contributed by atoms with E-state index in [9.17, 15) is 18.0 Å². The van der Waals surface area contributed by atoms with Crippen LogP contribution in [0.15, 0.2) is 23.1 Å². The van der Waals surface area contributed by atoms with E-state index in [-0.39, 0.29) is 40.4 Å². The van der Waals surface area contributed by atoms with Gasteiger partial charge in [-0.25, -0.2) is 13.2 Å². The van der Waals surface area contributed by atoms with Gasteiger partial charge in [-0.1, -0.05) is 6.92 Å². The first-order valence-corrected chi connectivity index (χ1v) is 10.5. The van der Waals surface area contributed by atoms with Crippen molar-refractivity contribution in [2.75, 3.05) is 31.8 Å². The first-order valence-electron chi connectivity index (χ1n) is 8.64. The van der Waals surface area contributed by atoms with E-state index in [1.54, 1.807) is 0 Å². The fraction of sp³-hybridized carbons (Fsp3) is 0.556. The zero-order chi connectivity index (χ0) is 19.3. The molecule has 1 aliphatic rings. The molecule has 2 N–H and O–H groups in total. The molecule has 1 aromatic rings. The number of piperidine rings is 1. The Labute approximate surface area is 166 Å². The van der Waals surface area contributed by atoms with Gasteiger partial charge in [0.2, 0.25) is 5.91 Å². The van der Waals surface area contributed by atoms with Gasteiger partial charge >= 0.3 is 5.97 Å². The second kappa shape index (κ2) is 10.1. The highest BCUT2D eigenvalue weighted by Crippen LogP contribution is 2.24. The standard InChI is InChI=1S/C18H26N2O5S.ClH/c1-12(13-5-4-6-19-11-13)7-17(21)20-15-8-14(18(22)25-2)9-16(10-15)26(3,23)24;/h8-10,12-13,19H,4-7,11H2,1-3H3,(H,20,21);1H. The molecule has 9 heteroatoms. The smallest absolute Gasteiger partial charge is 0.337 e. The first kappa shape index (κ1) is 23.4. The van der Waals surface area contributed by atoms with Crippen LogP contribution in [0.1, 0.15) is 36.5 Å². The van der Waals surface area contributed by atoms with E-state index in [4.69, 9.17) is 0 Å². The number of anilines is 1. The number of esters is 1. The molecule has 1 heterocycles. The number of amides is 1.